The molecule has 9 rings (SSSR count). The number of fused-ring (bicyclic) bond motifs is 3. The highest BCUT2D eigenvalue weighted by molar-refractivity contribution is 5.98. The monoisotopic (exact) mass is 614 g/mol. The van der Waals surface area contributed by atoms with Crippen molar-refractivity contribution >= 4 is 49.7 Å². The van der Waals surface area contributed by atoms with Gasteiger partial charge in [-0.05, 0) is 86.8 Å². The zero-order valence-electron chi connectivity index (χ0n) is 26.1. The fraction of sp³-hybridized carbons (Fsp3) is 0. The van der Waals surface area contributed by atoms with E-state index in [4.69, 9.17) is 9.40 Å². The molecular weight excluding hydrogens is 585 g/mol. The Kier molecular flexibility index (Phi) is 6.80. The number of hydrogen-bond donors (Lipinski definition) is 0. The Hall–Kier alpha value is -6.45. The molecule has 8 aromatic carbocycles. The Bertz CT molecular complexity index is 2540. The Morgan fingerprint density at radius 2 is 0.854 bits per heavy atom. The van der Waals surface area contributed by atoms with Crippen molar-refractivity contribution in [1.29, 1.82) is 0 Å². The van der Waals surface area contributed by atoms with Crippen molar-refractivity contribution in [3.63, 3.8) is 0 Å². The minimum Gasteiger partial charge on any atom is -0.435 e. The second kappa shape index (κ2) is 11.7. The van der Waals surface area contributed by atoms with Gasteiger partial charge in [-0.25, -0.2) is 4.98 Å². The highest BCUT2D eigenvalue weighted by Gasteiger charge is 2.17. The van der Waals surface area contributed by atoms with Crippen LogP contribution in [0.4, 0.5) is 17.1 Å². The molecule has 0 spiro atoms. The molecule has 0 N–H and O–H groups in total. The van der Waals surface area contributed by atoms with Gasteiger partial charge in [-0.2, -0.15) is 0 Å². The van der Waals surface area contributed by atoms with Crippen LogP contribution in [0.1, 0.15) is 0 Å². The zero-order chi connectivity index (χ0) is 31.9. The maximum absolute atomic E-state index is 6.52. The summed E-state index contributed by atoms with van der Waals surface area (Å²) in [5.74, 6) is 0.632. The SMILES string of the molecule is c1ccc(N(c2ccc(-c3cccc4ccccc34)cc2)c2ccc(-c3cccc4nc(-c5cccc6ccccc56)oc34)cc2)cc1. The van der Waals surface area contributed by atoms with E-state index in [9.17, 15) is 0 Å². The molecule has 0 amide bonds. The standard InChI is InChI=1S/C45H30N2O/c1-2-15-35(16-3-1)47(36-27-23-33(24-28-36)39-19-8-13-31-11-4-6-17-38(31)39)37-29-25-34(26-30-37)41-20-10-22-43-44(41)48-45(46-43)42-21-9-14-32-12-5-7-18-40(32)42/h1-30H. The molecule has 226 valence electrons. The third kappa shape index (κ3) is 4.90. The minimum atomic E-state index is 0.632. The van der Waals surface area contributed by atoms with Crippen molar-refractivity contribution in [3.8, 4) is 33.7 Å². The maximum Gasteiger partial charge on any atom is 0.227 e. The average molecular weight is 615 g/mol. The number of nitrogens with zero attached hydrogens (tertiary/aromatic N) is 2. The molecule has 0 saturated heterocycles. The first-order valence-electron chi connectivity index (χ1n) is 16.2. The molecule has 0 aliphatic carbocycles. The van der Waals surface area contributed by atoms with E-state index in [0.29, 0.717) is 5.89 Å². The van der Waals surface area contributed by atoms with Crippen LogP contribution in [0, 0.1) is 0 Å². The fourth-order valence-electron chi connectivity index (χ4n) is 6.78. The lowest BCUT2D eigenvalue weighted by atomic mass is 9.98. The second-order valence-corrected chi connectivity index (χ2v) is 12.0. The molecular formula is C45H30N2O. The van der Waals surface area contributed by atoms with Crippen molar-refractivity contribution < 1.29 is 4.42 Å². The topological polar surface area (TPSA) is 29.3 Å². The number of rotatable bonds is 6. The van der Waals surface area contributed by atoms with Gasteiger partial charge in [0.05, 0.1) is 0 Å². The first-order chi connectivity index (χ1) is 23.8. The van der Waals surface area contributed by atoms with Crippen LogP contribution in [-0.4, -0.2) is 4.98 Å². The van der Waals surface area contributed by atoms with Gasteiger partial charge < -0.3 is 9.32 Å². The smallest absolute Gasteiger partial charge is 0.227 e. The molecule has 0 aliphatic heterocycles. The molecule has 9 aromatic rings. The third-order valence-corrected chi connectivity index (χ3v) is 9.11. The van der Waals surface area contributed by atoms with Crippen LogP contribution in [0.2, 0.25) is 0 Å². The van der Waals surface area contributed by atoms with Gasteiger partial charge in [0.25, 0.3) is 0 Å². The number of oxazole rings is 1. The summed E-state index contributed by atoms with van der Waals surface area (Å²) >= 11 is 0. The maximum atomic E-state index is 6.52. The number of hydrogen-bond acceptors (Lipinski definition) is 3. The first-order valence-corrected chi connectivity index (χ1v) is 16.2. The summed E-state index contributed by atoms with van der Waals surface area (Å²) < 4.78 is 6.52. The lowest BCUT2D eigenvalue weighted by Gasteiger charge is -2.26. The van der Waals surface area contributed by atoms with Gasteiger partial charge >= 0.3 is 0 Å². The molecule has 3 nitrogen and oxygen atoms in total. The summed E-state index contributed by atoms with van der Waals surface area (Å²) in [6, 6.07) is 63.9. The quantitative estimate of drug-likeness (QED) is 0.187. The molecule has 1 heterocycles. The van der Waals surface area contributed by atoms with E-state index in [1.54, 1.807) is 0 Å². The molecule has 48 heavy (non-hydrogen) atoms. The van der Waals surface area contributed by atoms with Gasteiger partial charge in [0, 0.05) is 28.2 Å². The number of para-hydroxylation sites is 2. The largest absolute Gasteiger partial charge is 0.435 e. The van der Waals surface area contributed by atoms with E-state index in [1.165, 1.54) is 27.3 Å². The van der Waals surface area contributed by atoms with Crippen LogP contribution in [0.15, 0.2) is 186 Å². The Morgan fingerprint density at radius 1 is 0.375 bits per heavy atom. The molecule has 1 aromatic heterocycles. The van der Waals surface area contributed by atoms with E-state index in [2.05, 4.69) is 181 Å². The predicted molar refractivity (Wildman–Crippen MR) is 200 cm³/mol. The van der Waals surface area contributed by atoms with E-state index in [1.807, 2.05) is 6.07 Å². The lowest BCUT2D eigenvalue weighted by Crippen LogP contribution is -2.09. The Balaban J connectivity index is 1.08. The van der Waals surface area contributed by atoms with E-state index < -0.39 is 0 Å². The molecule has 0 aliphatic rings. The van der Waals surface area contributed by atoms with Crippen molar-refractivity contribution in [3.05, 3.63) is 182 Å². The summed E-state index contributed by atoms with van der Waals surface area (Å²) in [6.45, 7) is 0. The van der Waals surface area contributed by atoms with E-state index >= 15 is 0 Å². The van der Waals surface area contributed by atoms with Gasteiger partial charge in [-0.15, -0.1) is 0 Å². The highest BCUT2D eigenvalue weighted by Crippen LogP contribution is 2.39. The van der Waals surface area contributed by atoms with Crippen molar-refractivity contribution in [2.24, 2.45) is 0 Å². The molecule has 3 heteroatoms. The van der Waals surface area contributed by atoms with Gasteiger partial charge in [0.15, 0.2) is 5.58 Å². The highest BCUT2D eigenvalue weighted by atomic mass is 16.3. The normalized spacial score (nSPS) is 11.3. The molecule has 0 atom stereocenters. The average Bonchev–Trinajstić information content (AvgIpc) is 3.60. The predicted octanol–water partition coefficient (Wildman–Crippen LogP) is 12.6. The second-order valence-electron chi connectivity index (χ2n) is 12.0. The summed E-state index contributed by atoms with van der Waals surface area (Å²) in [5.41, 5.74) is 10.4. The Morgan fingerprint density at radius 3 is 1.52 bits per heavy atom. The van der Waals surface area contributed by atoms with Crippen LogP contribution >= 0.6 is 0 Å². The third-order valence-electron chi connectivity index (χ3n) is 9.11. The van der Waals surface area contributed by atoms with Gasteiger partial charge in [0.2, 0.25) is 5.89 Å². The summed E-state index contributed by atoms with van der Waals surface area (Å²) in [6.07, 6.45) is 0. The van der Waals surface area contributed by atoms with Crippen molar-refractivity contribution in [2.45, 2.75) is 0 Å². The number of benzene rings is 8. The first kappa shape index (κ1) is 27.8. The van der Waals surface area contributed by atoms with Gasteiger partial charge in [-0.1, -0.05) is 133 Å². The van der Waals surface area contributed by atoms with Crippen LogP contribution in [0.3, 0.4) is 0 Å². The molecule has 0 radical (unpaired) electrons. The van der Waals surface area contributed by atoms with Crippen LogP contribution < -0.4 is 4.90 Å². The molecule has 0 fully saturated rings. The fourth-order valence-corrected chi connectivity index (χ4v) is 6.78. The molecule has 0 bridgehead atoms. The Labute approximate surface area is 279 Å². The van der Waals surface area contributed by atoms with Gasteiger partial charge in [-0.3, -0.25) is 0 Å². The minimum absolute atomic E-state index is 0.632. The van der Waals surface area contributed by atoms with Crippen molar-refractivity contribution in [1.82, 2.24) is 4.98 Å². The molecule has 0 saturated carbocycles. The van der Waals surface area contributed by atoms with Crippen LogP contribution in [0.5, 0.6) is 0 Å². The number of anilines is 3. The summed E-state index contributed by atoms with van der Waals surface area (Å²) in [4.78, 5) is 7.21. The van der Waals surface area contributed by atoms with E-state index in [-0.39, 0.29) is 0 Å². The zero-order valence-corrected chi connectivity index (χ0v) is 26.1. The van der Waals surface area contributed by atoms with E-state index in [0.717, 1.165) is 50.2 Å². The van der Waals surface area contributed by atoms with Crippen LogP contribution in [0.25, 0.3) is 66.4 Å². The summed E-state index contributed by atoms with van der Waals surface area (Å²) in [5, 5.41) is 4.80. The lowest BCUT2D eigenvalue weighted by molar-refractivity contribution is 0.621. The van der Waals surface area contributed by atoms with Crippen LogP contribution in [-0.2, 0) is 0 Å². The molecule has 0 unspecified atom stereocenters. The summed E-state index contributed by atoms with van der Waals surface area (Å²) in [7, 11) is 0. The van der Waals surface area contributed by atoms with Gasteiger partial charge in [0.1, 0.15) is 5.52 Å². The van der Waals surface area contributed by atoms with Crippen molar-refractivity contribution in [2.75, 3.05) is 4.90 Å². The number of aromatic nitrogens is 1.